The smallest absolute Gasteiger partial charge is 0.358 e. The van der Waals surface area contributed by atoms with Crippen LogP contribution in [0.4, 0.5) is 0 Å². The highest BCUT2D eigenvalue weighted by molar-refractivity contribution is 6.72. The van der Waals surface area contributed by atoms with E-state index in [2.05, 4.69) is 19.6 Å². The van der Waals surface area contributed by atoms with E-state index in [0.717, 1.165) is 11.3 Å². The summed E-state index contributed by atoms with van der Waals surface area (Å²) in [7, 11) is -5.54. The van der Waals surface area contributed by atoms with E-state index >= 15 is 0 Å². The SMILES string of the molecule is C[Si](C)(C)OC(=O)/C(=C/c1ccc(O[Si](C)(C)C)cc1)O[Si](C)(C)C. The van der Waals surface area contributed by atoms with E-state index in [1.54, 1.807) is 6.08 Å². The van der Waals surface area contributed by atoms with Crippen molar-refractivity contribution in [3.05, 3.63) is 35.6 Å². The zero-order valence-electron chi connectivity index (χ0n) is 17.0. The van der Waals surface area contributed by atoms with Crippen molar-refractivity contribution in [3.8, 4) is 5.75 Å². The largest absolute Gasteiger partial charge is 0.544 e. The van der Waals surface area contributed by atoms with Gasteiger partial charge in [0, 0.05) is 0 Å². The lowest BCUT2D eigenvalue weighted by atomic mass is 10.2. The van der Waals surface area contributed by atoms with Crippen molar-refractivity contribution in [2.75, 3.05) is 0 Å². The Bertz CT molecular complexity index is 618. The molecule has 4 nitrogen and oxygen atoms in total. The lowest BCUT2D eigenvalue weighted by Crippen LogP contribution is -2.33. The molecule has 0 aliphatic rings. The van der Waals surface area contributed by atoms with E-state index in [0.29, 0.717) is 5.76 Å². The van der Waals surface area contributed by atoms with Gasteiger partial charge in [-0.15, -0.1) is 0 Å². The molecular formula is C18H32O4Si3. The Balaban J connectivity index is 3.06. The van der Waals surface area contributed by atoms with Crippen LogP contribution in [0.2, 0.25) is 58.9 Å². The topological polar surface area (TPSA) is 44.8 Å². The molecule has 0 aliphatic carbocycles. The van der Waals surface area contributed by atoms with Gasteiger partial charge >= 0.3 is 5.97 Å². The molecular weight excluding hydrogens is 364 g/mol. The average Bonchev–Trinajstić information content (AvgIpc) is 2.35. The summed E-state index contributed by atoms with van der Waals surface area (Å²) in [6.07, 6.45) is 1.76. The maximum Gasteiger partial charge on any atom is 0.358 e. The van der Waals surface area contributed by atoms with Crippen molar-refractivity contribution < 1.29 is 18.1 Å². The predicted octanol–water partition coefficient (Wildman–Crippen LogP) is 5.47. The molecule has 0 saturated carbocycles. The van der Waals surface area contributed by atoms with Crippen molar-refractivity contribution in [3.63, 3.8) is 0 Å². The molecule has 0 N–H and O–H groups in total. The molecule has 1 rings (SSSR count). The number of benzene rings is 1. The quantitative estimate of drug-likeness (QED) is 0.348. The third kappa shape index (κ3) is 9.66. The fourth-order valence-electron chi connectivity index (χ4n) is 1.93. The molecule has 7 heteroatoms. The van der Waals surface area contributed by atoms with Gasteiger partial charge in [0.25, 0.3) is 0 Å². The minimum Gasteiger partial charge on any atom is -0.544 e. The number of carbonyl (C=O) groups excluding carboxylic acids is 1. The molecule has 0 heterocycles. The van der Waals surface area contributed by atoms with Gasteiger partial charge in [-0.1, -0.05) is 12.1 Å². The molecule has 0 aromatic heterocycles. The van der Waals surface area contributed by atoms with Gasteiger partial charge < -0.3 is 13.3 Å². The zero-order chi connectivity index (χ0) is 19.5. The molecule has 0 aliphatic heterocycles. The Hall–Kier alpha value is -1.32. The van der Waals surface area contributed by atoms with Crippen LogP contribution >= 0.6 is 0 Å². The Morgan fingerprint density at radius 3 is 1.64 bits per heavy atom. The van der Waals surface area contributed by atoms with Crippen molar-refractivity contribution >= 4 is 37.0 Å². The van der Waals surface area contributed by atoms with Gasteiger partial charge in [-0.05, 0) is 82.7 Å². The molecule has 25 heavy (non-hydrogen) atoms. The summed E-state index contributed by atoms with van der Waals surface area (Å²) in [5.41, 5.74) is 0.892. The number of hydrogen-bond donors (Lipinski definition) is 0. The Morgan fingerprint density at radius 2 is 1.24 bits per heavy atom. The van der Waals surface area contributed by atoms with Gasteiger partial charge in [0.05, 0.1) is 0 Å². The van der Waals surface area contributed by atoms with Crippen molar-refractivity contribution in [2.24, 2.45) is 0 Å². The lowest BCUT2D eigenvalue weighted by molar-refractivity contribution is -0.133. The second-order valence-corrected chi connectivity index (χ2v) is 22.3. The van der Waals surface area contributed by atoms with Gasteiger partial charge in [0.1, 0.15) is 5.75 Å². The van der Waals surface area contributed by atoms with Crippen LogP contribution in [0.25, 0.3) is 6.08 Å². The fourth-order valence-corrected chi connectivity index (χ4v) is 4.23. The van der Waals surface area contributed by atoms with Crippen LogP contribution in [0, 0.1) is 0 Å². The zero-order valence-corrected chi connectivity index (χ0v) is 20.0. The standard InChI is InChI=1S/C18H32O4Si3/c1-23(2,3)20-16-12-10-15(11-13-16)14-17(21-24(4,5)6)18(19)22-25(7,8)9/h10-14H,1-9H3/b17-14-. The first-order valence-electron chi connectivity index (χ1n) is 8.58. The number of rotatable bonds is 7. The Kier molecular flexibility index (Phi) is 6.88. The van der Waals surface area contributed by atoms with Crippen LogP contribution in [0.1, 0.15) is 5.56 Å². The molecule has 0 saturated heterocycles. The molecule has 0 radical (unpaired) electrons. The van der Waals surface area contributed by atoms with Gasteiger partial charge in [0.2, 0.25) is 25.0 Å². The highest BCUT2D eigenvalue weighted by Gasteiger charge is 2.27. The molecule has 0 fully saturated rings. The number of carbonyl (C=O) groups is 1. The molecule has 1 aromatic rings. The second-order valence-electron chi connectivity index (χ2n) is 9.01. The predicted molar refractivity (Wildman–Crippen MR) is 112 cm³/mol. The molecule has 0 unspecified atom stereocenters. The molecule has 140 valence electrons. The van der Waals surface area contributed by atoms with Crippen LogP contribution < -0.4 is 4.43 Å². The normalized spacial score (nSPS) is 13.4. The maximum atomic E-state index is 12.5. The first-order chi connectivity index (χ1) is 11.1. The van der Waals surface area contributed by atoms with Gasteiger partial charge in [-0.3, -0.25) is 0 Å². The van der Waals surface area contributed by atoms with E-state index in [1.165, 1.54) is 0 Å². The van der Waals surface area contributed by atoms with Crippen LogP contribution in [0.5, 0.6) is 5.75 Å². The number of hydrogen-bond acceptors (Lipinski definition) is 4. The van der Waals surface area contributed by atoms with Gasteiger partial charge in [0.15, 0.2) is 5.76 Å². The maximum absolute atomic E-state index is 12.5. The van der Waals surface area contributed by atoms with E-state index < -0.39 is 25.0 Å². The van der Waals surface area contributed by atoms with Crippen LogP contribution in [0.15, 0.2) is 30.0 Å². The van der Waals surface area contributed by atoms with E-state index in [9.17, 15) is 4.79 Å². The van der Waals surface area contributed by atoms with Crippen LogP contribution in [0.3, 0.4) is 0 Å². The van der Waals surface area contributed by atoms with Gasteiger partial charge in [-0.25, -0.2) is 4.79 Å². The molecule has 0 atom stereocenters. The van der Waals surface area contributed by atoms with E-state index in [4.69, 9.17) is 13.3 Å². The Labute approximate surface area is 155 Å². The fraction of sp³-hybridized carbons (Fsp3) is 0.500. The molecule has 0 spiro atoms. The second kappa shape index (κ2) is 7.92. The average molecular weight is 397 g/mol. The molecule has 0 bridgehead atoms. The summed E-state index contributed by atoms with van der Waals surface area (Å²) in [5.74, 6) is 0.776. The minimum absolute atomic E-state index is 0.292. The summed E-state index contributed by atoms with van der Waals surface area (Å²) in [6, 6.07) is 7.73. The lowest BCUT2D eigenvalue weighted by Gasteiger charge is -2.24. The summed E-state index contributed by atoms with van der Waals surface area (Å²) in [6.45, 7) is 18.5. The van der Waals surface area contributed by atoms with Crippen molar-refractivity contribution in [1.29, 1.82) is 0 Å². The minimum atomic E-state index is -1.98. The third-order valence-corrected chi connectivity index (χ3v) is 5.10. The van der Waals surface area contributed by atoms with E-state index in [1.807, 2.05) is 63.5 Å². The first-order valence-corrected chi connectivity index (χ1v) is 18.8. The summed E-state index contributed by atoms with van der Waals surface area (Å²) in [4.78, 5) is 12.5. The third-order valence-electron chi connectivity index (χ3n) is 2.62. The molecule has 0 amide bonds. The van der Waals surface area contributed by atoms with Crippen LogP contribution in [-0.2, 0) is 13.6 Å². The molecule has 1 aromatic carbocycles. The first kappa shape index (κ1) is 21.7. The van der Waals surface area contributed by atoms with E-state index in [-0.39, 0.29) is 5.97 Å². The highest BCUT2D eigenvalue weighted by Crippen LogP contribution is 2.21. The van der Waals surface area contributed by atoms with Gasteiger partial charge in [-0.2, -0.15) is 0 Å². The van der Waals surface area contributed by atoms with Crippen molar-refractivity contribution in [2.45, 2.75) is 58.9 Å². The Morgan fingerprint density at radius 1 is 0.760 bits per heavy atom. The summed E-state index contributed by atoms with van der Waals surface area (Å²) >= 11 is 0. The van der Waals surface area contributed by atoms with Crippen molar-refractivity contribution in [1.82, 2.24) is 0 Å². The summed E-state index contributed by atoms with van der Waals surface area (Å²) < 4.78 is 17.6. The highest BCUT2D eigenvalue weighted by atomic mass is 28.4. The summed E-state index contributed by atoms with van der Waals surface area (Å²) in [5, 5.41) is 0. The van der Waals surface area contributed by atoms with Crippen LogP contribution in [-0.4, -0.2) is 30.9 Å². The monoisotopic (exact) mass is 396 g/mol.